The Kier molecular flexibility index (Phi) is 1.81. The summed E-state index contributed by atoms with van der Waals surface area (Å²) in [5.41, 5.74) is 0. The van der Waals surface area contributed by atoms with Crippen LogP contribution in [-0.2, 0) is 4.79 Å². The van der Waals surface area contributed by atoms with E-state index < -0.39 is 24.9 Å². The third kappa shape index (κ3) is 1.67. The van der Waals surface area contributed by atoms with Crippen molar-refractivity contribution in [2.75, 3.05) is 13.1 Å². The molecular weight excluding hydrogens is 152 g/mol. The largest absolute Gasteiger partial charge is 0.320 e. The third-order valence-corrected chi connectivity index (χ3v) is 1.36. The van der Waals surface area contributed by atoms with Crippen molar-refractivity contribution in [3.8, 4) is 11.8 Å². The molecule has 0 radical (unpaired) electrons. The van der Waals surface area contributed by atoms with E-state index >= 15 is 0 Å². The van der Waals surface area contributed by atoms with E-state index in [0.29, 0.717) is 0 Å². The quantitative estimate of drug-likeness (QED) is 0.471. The summed E-state index contributed by atoms with van der Waals surface area (Å²) in [5.74, 6) is 1.34. The van der Waals surface area contributed by atoms with Crippen molar-refractivity contribution in [3.63, 3.8) is 0 Å². The molecule has 0 saturated carbocycles. The van der Waals surface area contributed by atoms with Crippen molar-refractivity contribution in [3.05, 3.63) is 0 Å². The summed E-state index contributed by atoms with van der Waals surface area (Å²) in [6, 6.07) is 0. The predicted molar refractivity (Wildman–Crippen MR) is 35.0 cm³/mol. The van der Waals surface area contributed by atoms with Gasteiger partial charge < -0.3 is 4.90 Å². The van der Waals surface area contributed by atoms with Gasteiger partial charge in [0, 0.05) is 0 Å². The SMILES string of the molecule is CC#CC(=O)N1CC(F)(F)C1. The second kappa shape index (κ2) is 2.50. The number of halogens is 2. The average Bonchev–Trinajstić information content (AvgIpc) is 1.83. The van der Waals surface area contributed by atoms with Crippen LogP contribution in [0.15, 0.2) is 0 Å². The van der Waals surface area contributed by atoms with E-state index in [-0.39, 0.29) is 0 Å². The van der Waals surface area contributed by atoms with Gasteiger partial charge in [-0.3, -0.25) is 4.79 Å². The number of rotatable bonds is 0. The summed E-state index contributed by atoms with van der Waals surface area (Å²) >= 11 is 0. The number of alkyl halides is 2. The highest BCUT2D eigenvalue weighted by molar-refractivity contribution is 5.94. The zero-order valence-corrected chi connectivity index (χ0v) is 6.03. The Labute approximate surface area is 63.2 Å². The van der Waals surface area contributed by atoms with Crippen LogP contribution in [0.3, 0.4) is 0 Å². The van der Waals surface area contributed by atoms with Crippen LogP contribution < -0.4 is 0 Å². The number of hydrogen-bond acceptors (Lipinski definition) is 1. The minimum absolute atomic E-state index is 0.486. The Morgan fingerprint density at radius 1 is 1.55 bits per heavy atom. The molecule has 60 valence electrons. The summed E-state index contributed by atoms with van der Waals surface area (Å²) in [6.07, 6.45) is 0. The van der Waals surface area contributed by atoms with Gasteiger partial charge in [-0.05, 0) is 12.8 Å². The second-order valence-electron chi connectivity index (χ2n) is 2.39. The molecule has 4 heteroatoms. The molecule has 11 heavy (non-hydrogen) atoms. The summed E-state index contributed by atoms with van der Waals surface area (Å²) in [6.45, 7) is 0.525. The molecule has 2 nitrogen and oxygen atoms in total. The molecule has 0 N–H and O–H groups in total. The van der Waals surface area contributed by atoms with Gasteiger partial charge in [-0.15, -0.1) is 0 Å². The molecule has 0 bridgehead atoms. The zero-order chi connectivity index (χ0) is 8.48. The van der Waals surface area contributed by atoms with Gasteiger partial charge >= 0.3 is 0 Å². The van der Waals surface area contributed by atoms with Gasteiger partial charge in [-0.1, -0.05) is 5.92 Å². The minimum atomic E-state index is -2.69. The first-order valence-electron chi connectivity index (χ1n) is 3.15. The van der Waals surface area contributed by atoms with Crippen molar-refractivity contribution in [1.29, 1.82) is 0 Å². The van der Waals surface area contributed by atoms with Crippen molar-refractivity contribution >= 4 is 5.91 Å². The molecule has 0 spiro atoms. The Bertz CT molecular complexity index is 231. The first-order chi connectivity index (χ1) is 5.05. The Balaban J connectivity index is 2.42. The minimum Gasteiger partial charge on any atom is -0.320 e. The second-order valence-corrected chi connectivity index (χ2v) is 2.39. The first-order valence-corrected chi connectivity index (χ1v) is 3.15. The van der Waals surface area contributed by atoms with E-state index in [9.17, 15) is 13.6 Å². The summed E-state index contributed by atoms with van der Waals surface area (Å²) in [7, 11) is 0. The molecule has 1 aliphatic heterocycles. The molecule has 0 atom stereocenters. The highest BCUT2D eigenvalue weighted by Crippen LogP contribution is 2.26. The van der Waals surface area contributed by atoms with E-state index in [1.165, 1.54) is 6.92 Å². The number of likely N-dealkylation sites (tertiary alicyclic amines) is 1. The van der Waals surface area contributed by atoms with Gasteiger partial charge in [0.05, 0.1) is 13.1 Å². The number of hydrogen-bond donors (Lipinski definition) is 0. The van der Waals surface area contributed by atoms with Crippen LogP contribution in [0.4, 0.5) is 8.78 Å². The highest BCUT2D eigenvalue weighted by Gasteiger charge is 2.45. The number of carbonyl (C=O) groups excluding carboxylic acids is 1. The monoisotopic (exact) mass is 159 g/mol. The molecule has 1 aliphatic rings. The van der Waals surface area contributed by atoms with Crippen molar-refractivity contribution in [2.24, 2.45) is 0 Å². The van der Waals surface area contributed by atoms with Crippen LogP contribution in [0.25, 0.3) is 0 Å². The number of nitrogens with zero attached hydrogens (tertiary/aromatic N) is 1. The third-order valence-electron chi connectivity index (χ3n) is 1.36. The molecule has 0 aliphatic carbocycles. The van der Waals surface area contributed by atoms with Gasteiger partial charge in [0.2, 0.25) is 0 Å². The smallest absolute Gasteiger partial charge is 0.298 e. The van der Waals surface area contributed by atoms with E-state index in [1.807, 2.05) is 0 Å². The fourth-order valence-corrected chi connectivity index (χ4v) is 0.842. The molecule has 0 aromatic rings. The van der Waals surface area contributed by atoms with Gasteiger partial charge in [0.25, 0.3) is 11.8 Å². The lowest BCUT2D eigenvalue weighted by Gasteiger charge is -2.37. The standard InChI is InChI=1S/C7H7F2NO/c1-2-3-6(11)10-4-7(8,9)5-10/h4-5H2,1H3. The van der Waals surface area contributed by atoms with Crippen LogP contribution in [0.1, 0.15) is 6.92 Å². The predicted octanol–water partition coefficient (Wildman–Crippen LogP) is 0.487. The summed E-state index contributed by atoms with van der Waals surface area (Å²) in [5, 5.41) is 0. The number of amides is 1. The Hall–Kier alpha value is -1.11. The molecule has 0 unspecified atom stereocenters. The van der Waals surface area contributed by atoms with Crippen molar-refractivity contribution in [1.82, 2.24) is 4.90 Å². The van der Waals surface area contributed by atoms with E-state index in [4.69, 9.17) is 0 Å². The van der Waals surface area contributed by atoms with Crippen LogP contribution in [-0.4, -0.2) is 29.8 Å². The molecule has 0 aromatic heterocycles. The number of carbonyl (C=O) groups is 1. The van der Waals surface area contributed by atoms with E-state index in [2.05, 4.69) is 11.8 Å². The molecule has 1 rings (SSSR count). The van der Waals surface area contributed by atoms with Crippen molar-refractivity contribution in [2.45, 2.75) is 12.8 Å². The lowest BCUT2D eigenvalue weighted by atomic mass is 10.1. The molecule has 1 saturated heterocycles. The van der Waals surface area contributed by atoms with Crippen LogP contribution >= 0.6 is 0 Å². The molecule has 1 heterocycles. The van der Waals surface area contributed by atoms with Gasteiger partial charge in [0.15, 0.2) is 0 Å². The molecule has 0 aromatic carbocycles. The lowest BCUT2D eigenvalue weighted by molar-refractivity contribution is -0.160. The maximum atomic E-state index is 12.1. The van der Waals surface area contributed by atoms with Gasteiger partial charge in [-0.25, -0.2) is 8.78 Å². The molecule has 1 amide bonds. The summed E-state index contributed by atoms with van der Waals surface area (Å²) < 4.78 is 24.3. The molecular formula is C7H7F2NO. The normalized spacial score (nSPS) is 19.7. The van der Waals surface area contributed by atoms with Gasteiger partial charge in [-0.2, -0.15) is 0 Å². The molecule has 1 fully saturated rings. The highest BCUT2D eigenvalue weighted by atomic mass is 19.3. The Morgan fingerprint density at radius 2 is 2.09 bits per heavy atom. The topological polar surface area (TPSA) is 20.3 Å². The maximum absolute atomic E-state index is 12.1. The van der Waals surface area contributed by atoms with E-state index in [1.54, 1.807) is 0 Å². The van der Waals surface area contributed by atoms with Crippen LogP contribution in [0.2, 0.25) is 0 Å². The average molecular weight is 159 g/mol. The fraction of sp³-hybridized carbons (Fsp3) is 0.571. The summed E-state index contributed by atoms with van der Waals surface area (Å²) in [4.78, 5) is 11.8. The van der Waals surface area contributed by atoms with Crippen LogP contribution in [0, 0.1) is 11.8 Å². The van der Waals surface area contributed by atoms with Crippen LogP contribution in [0.5, 0.6) is 0 Å². The maximum Gasteiger partial charge on any atom is 0.298 e. The zero-order valence-electron chi connectivity index (χ0n) is 6.03. The lowest BCUT2D eigenvalue weighted by Crippen LogP contribution is -2.58. The van der Waals surface area contributed by atoms with E-state index in [0.717, 1.165) is 4.90 Å². The first kappa shape index (κ1) is 7.99. The Morgan fingerprint density at radius 3 is 2.45 bits per heavy atom. The van der Waals surface area contributed by atoms with Gasteiger partial charge in [0.1, 0.15) is 0 Å². The van der Waals surface area contributed by atoms with Crippen molar-refractivity contribution < 1.29 is 13.6 Å². The fourth-order valence-electron chi connectivity index (χ4n) is 0.842.